The summed E-state index contributed by atoms with van der Waals surface area (Å²) in [5.74, 6) is 2.55. The zero-order valence-corrected chi connectivity index (χ0v) is 8.16. The molecular weight excluding hydrogens is 172 g/mol. The topological polar surface area (TPSA) is 27.1 Å². The molecule has 0 amide bonds. The van der Waals surface area contributed by atoms with Gasteiger partial charge in [0.15, 0.2) is 0 Å². The molecule has 1 aliphatic heterocycles. The van der Waals surface area contributed by atoms with Crippen molar-refractivity contribution in [2.75, 3.05) is 13.1 Å². The van der Waals surface area contributed by atoms with Crippen molar-refractivity contribution in [3.63, 3.8) is 0 Å². The maximum atomic E-state index is 7.33. The van der Waals surface area contributed by atoms with Gasteiger partial charge in [0.2, 0.25) is 0 Å². The van der Waals surface area contributed by atoms with Crippen LogP contribution >= 0.6 is 0 Å². The van der Waals surface area contributed by atoms with Crippen LogP contribution in [0.5, 0.6) is 0 Å². The molecule has 0 aromatic heterocycles. The quantitative estimate of drug-likeness (QED) is 0.705. The number of nitrogens with one attached hydrogen (secondary N) is 1. The predicted molar refractivity (Wildman–Crippen MR) is 58.4 cm³/mol. The van der Waals surface area contributed by atoms with Crippen molar-refractivity contribution in [3.05, 3.63) is 35.9 Å². The van der Waals surface area contributed by atoms with E-state index in [1.165, 1.54) is 12.8 Å². The molecule has 2 nitrogen and oxygen atoms in total. The molecule has 1 N–H and O–H groups in total. The minimum atomic E-state index is 0.933. The van der Waals surface area contributed by atoms with E-state index < -0.39 is 0 Å². The van der Waals surface area contributed by atoms with E-state index in [0.29, 0.717) is 0 Å². The molecule has 1 aromatic carbocycles. The van der Waals surface area contributed by atoms with Gasteiger partial charge < -0.3 is 4.90 Å². The third-order valence-corrected chi connectivity index (χ3v) is 2.59. The molecule has 0 radical (unpaired) electrons. The predicted octanol–water partition coefficient (Wildman–Crippen LogP) is 2.37. The Bertz CT molecular complexity index is 344. The molecule has 0 atom stereocenters. The second kappa shape index (κ2) is 4.12. The molecule has 2 heteroatoms. The van der Waals surface area contributed by atoms with E-state index in [0.717, 1.165) is 24.4 Å². The monoisotopic (exact) mass is 186 g/mol. The fraction of sp³-hybridized carbons (Fsp3) is 0.333. The largest absolute Gasteiger partial charge is 0.364 e. The van der Waals surface area contributed by atoms with Crippen molar-refractivity contribution >= 4 is 11.6 Å². The maximum absolute atomic E-state index is 7.33. The number of hydrogen-bond donors (Lipinski definition) is 1. The summed E-state index contributed by atoms with van der Waals surface area (Å²) in [6, 6.07) is 10.1. The molecule has 0 aliphatic carbocycles. The first-order valence-corrected chi connectivity index (χ1v) is 5.02. The van der Waals surface area contributed by atoms with Crippen LogP contribution in [0, 0.1) is 5.41 Å². The summed E-state index contributed by atoms with van der Waals surface area (Å²) < 4.78 is 0. The highest BCUT2D eigenvalue weighted by atomic mass is 15.1. The fourth-order valence-corrected chi connectivity index (χ4v) is 1.87. The van der Waals surface area contributed by atoms with Crippen LogP contribution in [0.1, 0.15) is 18.4 Å². The normalized spacial score (nSPS) is 15.3. The minimum absolute atomic E-state index is 0.933. The Morgan fingerprint density at radius 1 is 1.14 bits per heavy atom. The number of likely N-dealkylation sites (tertiary alicyclic amines) is 1. The summed E-state index contributed by atoms with van der Waals surface area (Å²) in [6.07, 6.45) is 2.47. The van der Waals surface area contributed by atoms with Crippen LogP contribution in [-0.4, -0.2) is 23.9 Å². The molecule has 72 valence electrons. The van der Waals surface area contributed by atoms with E-state index in [2.05, 4.69) is 10.8 Å². The first-order chi connectivity index (χ1) is 6.92. The van der Waals surface area contributed by atoms with Gasteiger partial charge in [0.25, 0.3) is 0 Å². The molecule has 0 spiro atoms. The van der Waals surface area contributed by atoms with Crippen molar-refractivity contribution in [3.8, 4) is 0 Å². The lowest BCUT2D eigenvalue weighted by Gasteiger charge is -2.18. The van der Waals surface area contributed by atoms with Gasteiger partial charge in [-0.05, 0) is 12.8 Å². The summed E-state index contributed by atoms with van der Waals surface area (Å²) in [5.41, 5.74) is 2.03. The average molecular weight is 186 g/mol. The molecule has 14 heavy (non-hydrogen) atoms. The van der Waals surface area contributed by atoms with Crippen LogP contribution in [0.25, 0.3) is 5.70 Å². The van der Waals surface area contributed by atoms with Gasteiger partial charge in [-0.2, -0.15) is 0 Å². The van der Waals surface area contributed by atoms with Crippen molar-refractivity contribution in [1.82, 2.24) is 4.90 Å². The molecule has 1 aliphatic rings. The van der Waals surface area contributed by atoms with Gasteiger partial charge in [0.05, 0.1) is 0 Å². The summed E-state index contributed by atoms with van der Waals surface area (Å²) in [6.45, 7) is 2.13. The smallest absolute Gasteiger partial charge is 0.106 e. The highest BCUT2D eigenvalue weighted by Gasteiger charge is 2.15. The van der Waals surface area contributed by atoms with E-state index in [1.54, 1.807) is 0 Å². The lowest BCUT2D eigenvalue weighted by molar-refractivity contribution is 0.497. The Morgan fingerprint density at radius 3 is 2.36 bits per heavy atom. The van der Waals surface area contributed by atoms with Crippen LogP contribution < -0.4 is 0 Å². The first kappa shape index (κ1) is 9.04. The Labute approximate surface area is 84.4 Å². The zero-order chi connectivity index (χ0) is 9.80. The Kier molecular flexibility index (Phi) is 2.66. The highest BCUT2D eigenvalue weighted by Crippen LogP contribution is 2.20. The van der Waals surface area contributed by atoms with E-state index in [9.17, 15) is 0 Å². The molecule has 1 heterocycles. The van der Waals surface area contributed by atoms with Crippen molar-refractivity contribution in [1.29, 1.82) is 5.41 Å². The van der Waals surface area contributed by atoms with Crippen LogP contribution in [0.2, 0.25) is 0 Å². The molecule has 1 fully saturated rings. The van der Waals surface area contributed by atoms with E-state index in [4.69, 9.17) is 5.41 Å². The van der Waals surface area contributed by atoms with E-state index >= 15 is 0 Å². The average Bonchev–Trinajstić information content (AvgIpc) is 2.74. The number of benzene rings is 1. The second-order valence-corrected chi connectivity index (χ2v) is 3.53. The van der Waals surface area contributed by atoms with Crippen LogP contribution in [0.4, 0.5) is 0 Å². The summed E-state index contributed by atoms with van der Waals surface area (Å²) in [4.78, 5) is 2.24. The first-order valence-electron chi connectivity index (χ1n) is 5.02. The van der Waals surface area contributed by atoms with Crippen molar-refractivity contribution in [2.24, 2.45) is 0 Å². The lowest BCUT2D eigenvalue weighted by atomic mass is 10.1. The van der Waals surface area contributed by atoms with Gasteiger partial charge >= 0.3 is 0 Å². The van der Waals surface area contributed by atoms with Gasteiger partial charge in [-0.15, -0.1) is 0 Å². The molecule has 1 aromatic rings. The third kappa shape index (κ3) is 1.70. The van der Waals surface area contributed by atoms with Crippen LogP contribution in [-0.2, 0) is 0 Å². The molecule has 0 saturated carbocycles. The standard InChI is InChI=1S/C12H14N2/c13-10-12(14-8-4-5-9-14)11-6-2-1-3-7-11/h1-3,6-7,13H,4-5,8-9H2. The summed E-state index contributed by atoms with van der Waals surface area (Å²) in [7, 11) is 0. The molecule has 2 rings (SSSR count). The minimum Gasteiger partial charge on any atom is -0.364 e. The van der Waals surface area contributed by atoms with Crippen LogP contribution in [0.15, 0.2) is 30.3 Å². The maximum Gasteiger partial charge on any atom is 0.106 e. The zero-order valence-electron chi connectivity index (χ0n) is 8.16. The van der Waals surface area contributed by atoms with Crippen molar-refractivity contribution < 1.29 is 0 Å². The number of rotatable bonds is 2. The fourth-order valence-electron chi connectivity index (χ4n) is 1.87. The molecule has 0 unspecified atom stereocenters. The number of nitrogens with zero attached hydrogens (tertiary/aromatic N) is 1. The summed E-state index contributed by atoms with van der Waals surface area (Å²) >= 11 is 0. The van der Waals surface area contributed by atoms with Gasteiger partial charge in [-0.25, -0.2) is 0 Å². The van der Waals surface area contributed by atoms with Gasteiger partial charge in [-0.3, -0.25) is 5.41 Å². The van der Waals surface area contributed by atoms with Crippen molar-refractivity contribution in [2.45, 2.75) is 12.8 Å². The second-order valence-electron chi connectivity index (χ2n) is 3.53. The highest BCUT2D eigenvalue weighted by molar-refractivity contribution is 5.87. The molecular formula is C12H14N2. The summed E-state index contributed by atoms with van der Waals surface area (Å²) in [5, 5.41) is 7.33. The Morgan fingerprint density at radius 2 is 1.79 bits per heavy atom. The van der Waals surface area contributed by atoms with Crippen LogP contribution in [0.3, 0.4) is 0 Å². The third-order valence-electron chi connectivity index (χ3n) is 2.59. The lowest BCUT2D eigenvalue weighted by Crippen LogP contribution is -2.17. The van der Waals surface area contributed by atoms with E-state index in [1.807, 2.05) is 30.3 Å². The van der Waals surface area contributed by atoms with E-state index in [-0.39, 0.29) is 0 Å². The molecule has 0 bridgehead atoms. The van der Waals surface area contributed by atoms with Gasteiger partial charge in [0.1, 0.15) is 5.70 Å². The Hall–Kier alpha value is -1.53. The molecule has 1 saturated heterocycles. The Balaban J connectivity index is 2.27. The number of hydrogen-bond acceptors (Lipinski definition) is 2. The van der Waals surface area contributed by atoms with Gasteiger partial charge in [0, 0.05) is 24.5 Å². The van der Waals surface area contributed by atoms with Gasteiger partial charge in [-0.1, -0.05) is 30.3 Å². The SMILES string of the molecule is N=C=C(c1ccccc1)N1CCCC1.